The molecule has 5 heteroatoms. The average molecular weight is 218 g/mol. The van der Waals surface area contributed by atoms with Crippen LogP contribution < -0.4 is 0 Å². The molecule has 0 aliphatic heterocycles. The van der Waals surface area contributed by atoms with Crippen LogP contribution in [0.5, 0.6) is 0 Å². The van der Waals surface area contributed by atoms with Gasteiger partial charge in [0, 0.05) is 28.7 Å². The van der Waals surface area contributed by atoms with Crippen molar-refractivity contribution in [2.75, 3.05) is 12.0 Å². The highest BCUT2D eigenvalue weighted by Crippen LogP contribution is 2.08. The fourth-order valence-corrected chi connectivity index (χ4v) is 1.52. The largest absolute Gasteiger partial charge is 0.293 e. The van der Waals surface area contributed by atoms with Gasteiger partial charge in [0.2, 0.25) is 0 Å². The van der Waals surface area contributed by atoms with Crippen LogP contribution >= 0.6 is 0 Å². The summed E-state index contributed by atoms with van der Waals surface area (Å²) >= 11 is 0. The van der Waals surface area contributed by atoms with Crippen LogP contribution in [0.2, 0.25) is 0 Å². The van der Waals surface area contributed by atoms with Crippen molar-refractivity contribution in [3.8, 4) is 0 Å². The van der Waals surface area contributed by atoms with E-state index < -0.39 is 28.2 Å². The highest BCUT2D eigenvalue weighted by molar-refractivity contribution is 7.85. The normalized spacial score (nSPS) is 12.5. The van der Waals surface area contributed by atoms with Gasteiger partial charge in [-0.3, -0.25) is 9.00 Å². The third kappa shape index (κ3) is 2.99. The molecule has 1 unspecified atom stereocenters. The Kier molecular flexibility index (Phi) is 3.46. The van der Waals surface area contributed by atoms with Gasteiger partial charge in [-0.1, -0.05) is 0 Å². The fourth-order valence-electron chi connectivity index (χ4n) is 0.983. The van der Waals surface area contributed by atoms with Crippen molar-refractivity contribution in [3.05, 3.63) is 35.4 Å². The lowest BCUT2D eigenvalue weighted by Gasteiger charge is -1.99. The third-order valence-corrected chi connectivity index (χ3v) is 2.19. The first-order chi connectivity index (χ1) is 6.49. The zero-order chi connectivity index (χ0) is 10.7. The Labute approximate surface area is 82.4 Å². The number of carbonyl (C=O) groups is 1. The molecule has 0 aliphatic carbocycles. The van der Waals surface area contributed by atoms with Gasteiger partial charge in [-0.15, -0.1) is 0 Å². The van der Waals surface area contributed by atoms with Gasteiger partial charge < -0.3 is 0 Å². The van der Waals surface area contributed by atoms with Crippen LogP contribution in [0, 0.1) is 11.6 Å². The Morgan fingerprint density at radius 3 is 2.21 bits per heavy atom. The van der Waals surface area contributed by atoms with E-state index >= 15 is 0 Å². The van der Waals surface area contributed by atoms with Crippen molar-refractivity contribution in [1.29, 1.82) is 0 Å². The molecule has 0 bridgehead atoms. The molecule has 0 fully saturated rings. The van der Waals surface area contributed by atoms with Gasteiger partial charge in [-0.05, 0) is 12.1 Å². The first kappa shape index (κ1) is 11.0. The Hall–Kier alpha value is -1.10. The molecule has 0 heterocycles. The van der Waals surface area contributed by atoms with Gasteiger partial charge in [0.15, 0.2) is 5.78 Å². The molecule has 14 heavy (non-hydrogen) atoms. The fraction of sp³-hybridized carbons (Fsp3) is 0.222. The van der Waals surface area contributed by atoms with Crippen LogP contribution in [0.25, 0.3) is 0 Å². The summed E-state index contributed by atoms with van der Waals surface area (Å²) in [5.74, 6) is -2.36. The van der Waals surface area contributed by atoms with Gasteiger partial charge in [-0.2, -0.15) is 0 Å². The summed E-state index contributed by atoms with van der Waals surface area (Å²) in [4.78, 5) is 11.2. The van der Waals surface area contributed by atoms with Crippen LogP contribution in [0.15, 0.2) is 18.2 Å². The minimum Gasteiger partial charge on any atom is -0.293 e. The Morgan fingerprint density at radius 1 is 1.29 bits per heavy atom. The number of hydrogen-bond acceptors (Lipinski definition) is 2. The molecule has 0 aromatic heterocycles. The number of halogens is 2. The number of benzene rings is 1. The van der Waals surface area contributed by atoms with E-state index in [1.54, 1.807) is 0 Å². The lowest BCUT2D eigenvalue weighted by molar-refractivity contribution is 0.102. The maximum Gasteiger partial charge on any atom is 0.175 e. The molecule has 0 amide bonds. The quantitative estimate of drug-likeness (QED) is 0.721. The topological polar surface area (TPSA) is 34.1 Å². The van der Waals surface area contributed by atoms with Gasteiger partial charge in [0.05, 0.1) is 5.75 Å². The van der Waals surface area contributed by atoms with Crippen LogP contribution in [0.1, 0.15) is 10.4 Å². The highest BCUT2D eigenvalue weighted by atomic mass is 32.2. The Bertz CT molecular complexity index is 370. The van der Waals surface area contributed by atoms with Gasteiger partial charge in [0.1, 0.15) is 11.6 Å². The molecule has 0 N–H and O–H groups in total. The van der Waals surface area contributed by atoms with Crippen LogP contribution in [-0.4, -0.2) is 22.0 Å². The Balaban J connectivity index is 2.95. The molecule has 0 saturated carbocycles. The molecule has 0 aliphatic rings. The van der Waals surface area contributed by atoms with Gasteiger partial charge in [0.25, 0.3) is 0 Å². The number of ketones is 1. The first-order valence-corrected chi connectivity index (χ1v) is 5.51. The molecule has 1 aromatic carbocycles. The molecule has 2 nitrogen and oxygen atoms in total. The zero-order valence-electron chi connectivity index (χ0n) is 7.42. The maximum atomic E-state index is 12.7. The predicted molar refractivity (Wildman–Crippen MR) is 49.6 cm³/mol. The van der Waals surface area contributed by atoms with Crippen molar-refractivity contribution in [3.63, 3.8) is 0 Å². The monoisotopic (exact) mass is 218 g/mol. The predicted octanol–water partition coefficient (Wildman–Crippen LogP) is 1.53. The number of carbonyl (C=O) groups excluding carboxylic acids is 1. The third-order valence-electron chi connectivity index (χ3n) is 1.52. The summed E-state index contributed by atoms with van der Waals surface area (Å²) in [6, 6.07) is 2.54. The van der Waals surface area contributed by atoms with E-state index in [1.807, 2.05) is 0 Å². The first-order valence-electron chi connectivity index (χ1n) is 3.78. The molecule has 0 radical (unpaired) electrons. The van der Waals surface area contributed by atoms with E-state index in [1.165, 1.54) is 6.26 Å². The van der Waals surface area contributed by atoms with Gasteiger partial charge >= 0.3 is 0 Å². The van der Waals surface area contributed by atoms with E-state index in [0.717, 1.165) is 12.1 Å². The van der Waals surface area contributed by atoms with Crippen molar-refractivity contribution in [2.24, 2.45) is 0 Å². The number of rotatable bonds is 3. The smallest absolute Gasteiger partial charge is 0.175 e. The standard InChI is InChI=1S/C9H8F2O2S/c1-14(13)5-9(12)6-2-7(10)4-8(11)3-6/h2-4H,5H2,1H3. The molecule has 0 saturated heterocycles. The molecule has 0 spiro atoms. The lowest BCUT2D eigenvalue weighted by atomic mass is 10.1. The maximum absolute atomic E-state index is 12.7. The lowest BCUT2D eigenvalue weighted by Crippen LogP contribution is -2.10. The summed E-state index contributed by atoms with van der Waals surface area (Å²) in [5, 5.41) is 0. The summed E-state index contributed by atoms with van der Waals surface area (Å²) in [5.41, 5.74) is -0.0855. The number of Topliss-reactive ketones (excluding diaryl/α,β-unsaturated/α-hetero) is 1. The molecule has 1 aromatic rings. The van der Waals surface area contributed by atoms with Crippen LogP contribution in [0.4, 0.5) is 8.78 Å². The van der Waals surface area contributed by atoms with Gasteiger partial charge in [-0.25, -0.2) is 8.78 Å². The summed E-state index contributed by atoms with van der Waals surface area (Å²) < 4.78 is 36.0. The van der Waals surface area contributed by atoms with E-state index in [-0.39, 0.29) is 11.3 Å². The zero-order valence-corrected chi connectivity index (χ0v) is 8.24. The minimum atomic E-state index is -1.30. The van der Waals surface area contributed by atoms with Crippen LogP contribution in [-0.2, 0) is 10.8 Å². The van der Waals surface area contributed by atoms with Crippen molar-refractivity contribution < 1.29 is 17.8 Å². The summed E-state index contributed by atoms with van der Waals surface area (Å²) in [6.07, 6.45) is 1.35. The van der Waals surface area contributed by atoms with Crippen molar-refractivity contribution in [2.45, 2.75) is 0 Å². The summed E-state index contributed by atoms with van der Waals surface area (Å²) in [6.45, 7) is 0. The van der Waals surface area contributed by atoms with Crippen molar-refractivity contribution in [1.82, 2.24) is 0 Å². The Morgan fingerprint density at radius 2 is 1.79 bits per heavy atom. The van der Waals surface area contributed by atoms with E-state index in [2.05, 4.69) is 0 Å². The molecule has 1 atom stereocenters. The summed E-state index contributed by atoms with van der Waals surface area (Å²) in [7, 11) is -1.30. The SMILES string of the molecule is CS(=O)CC(=O)c1cc(F)cc(F)c1. The second kappa shape index (κ2) is 4.41. The second-order valence-electron chi connectivity index (χ2n) is 2.80. The minimum absolute atomic E-state index is 0.0855. The number of hydrogen-bond donors (Lipinski definition) is 0. The van der Waals surface area contributed by atoms with Crippen molar-refractivity contribution >= 4 is 16.6 Å². The van der Waals surface area contributed by atoms with E-state index in [4.69, 9.17) is 0 Å². The van der Waals surface area contributed by atoms with Crippen LogP contribution in [0.3, 0.4) is 0 Å². The average Bonchev–Trinajstić information content (AvgIpc) is 2.00. The molecular formula is C9H8F2O2S. The molecule has 1 rings (SSSR count). The van der Waals surface area contributed by atoms with E-state index in [9.17, 15) is 17.8 Å². The second-order valence-corrected chi connectivity index (χ2v) is 4.23. The van der Waals surface area contributed by atoms with E-state index in [0.29, 0.717) is 6.07 Å². The highest BCUT2D eigenvalue weighted by Gasteiger charge is 2.10. The molecular weight excluding hydrogens is 210 g/mol. The molecule has 76 valence electrons.